The number of sulfone groups is 1. The summed E-state index contributed by atoms with van der Waals surface area (Å²) in [4.78, 5) is 15.1. The van der Waals surface area contributed by atoms with Crippen LogP contribution in [0.25, 0.3) is 0 Å². The molecule has 5 N–H and O–H groups in total. The van der Waals surface area contributed by atoms with E-state index in [0.717, 1.165) is 12.7 Å². The minimum absolute atomic E-state index is 0.0441. The zero-order valence-electron chi connectivity index (χ0n) is 11.4. The maximum absolute atomic E-state index is 11.8. The molecule has 110 valence electrons. The molecule has 0 saturated carbocycles. The number of guanidine groups is 1. The fourth-order valence-corrected chi connectivity index (χ4v) is 2.43. The summed E-state index contributed by atoms with van der Waals surface area (Å²) in [6.45, 7) is 2.59. The quantitative estimate of drug-likeness (QED) is 0.531. The predicted molar refractivity (Wildman–Crippen MR) is 78.5 cm³/mol. The molecule has 0 aliphatic carbocycles. The van der Waals surface area contributed by atoms with Gasteiger partial charge in [0.2, 0.25) is 0 Å². The van der Waals surface area contributed by atoms with E-state index >= 15 is 0 Å². The summed E-state index contributed by atoms with van der Waals surface area (Å²) in [6.07, 6.45) is 1.92. The standard InChI is InChI=1S/C12H18N4O3S/c1-3-6-15-9-5-4-8(11(17)16-12(13)14)7-10(9)20(2,18)19/h4-5,7,15H,3,6H2,1-2H3,(H4,13,14,16,17). The number of benzene rings is 1. The molecule has 7 nitrogen and oxygen atoms in total. The van der Waals surface area contributed by atoms with E-state index in [2.05, 4.69) is 10.3 Å². The molecule has 0 saturated heterocycles. The first-order valence-corrected chi connectivity index (χ1v) is 7.86. The average molecular weight is 298 g/mol. The van der Waals surface area contributed by atoms with Gasteiger partial charge in [-0.3, -0.25) is 4.79 Å². The van der Waals surface area contributed by atoms with Crippen LogP contribution < -0.4 is 16.8 Å². The molecule has 8 heteroatoms. The average Bonchev–Trinajstić information content (AvgIpc) is 2.34. The van der Waals surface area contributed by atoms with Crippen LogP contribution in [0.1, 0.15) is 23.7 Å². The summed E-state index contributed by atoms with van der Waals surface area (Å²) in [6, 6.07) is 4.27. The maximum Gasteiger partial charge on any atom is 0.280 e. The molecule has 0 aliphatic rings. The zero-order chi connectivity index (χ0) is 15.3. The van der Waals surface area contributed by atoms with E-state index in [9.17, 15) is 13.2 Å². The van der Waals surface area contributed by atoms with E-state index < -0.39 is 15.7 Å². The topological polar surface area (TPSA) is 128 Å². The van der Waals surface area contributed by atoms with Crippen LogP contribution in [0.5, 0.6) is 0 Å². The Balaban J connectivity index is 3.28. The highest BCUT2D eigenvalue weighted by Gasteiger charge is 2.16. The number of aliphatic imine (C=N–C) groups is 1. The molecular weight excluding hydrogens is 280 g/mol. The number of rotatable bonds is 5. The highest BCUT2D eigenvalue weighted by atomic mass is 32.2. The molecule has 0 heterocycles. The molecule has 0 fully saturated rings. The number of nitrogens with one attached hydrogen (secondary N) is 1. The fraction of sp³-hybridized carbons (Fsp3) is 0.333. The molecule has 0 spiro atoms. The van der Waals surface area contributed by atoms with Crippen molar-refractivity contribution in [2.45, 2.75) is 18.2 Å². The second-order valence-corrected chi connectivity index (χ2v) is 6.24. The van der Waals surface area contributed by atoms with E-state index in [-0.39, 0.29) is 16.4 Å². The van der Waals surface area contributed by atoms with Crippen molar-refractivity contribution >= 4 is 27.4 Å². The number of anilines is 1. The molecule has 0 atom stereocenters. The second-order valence-electron chi connectivity index (χ2n) is 4.25. The van der Waals surface area contributed by atoms with E-state index in [1.807, 2.05) is 6.92 Å². The predicted octanol–water partition coefficient (Wildman–Crippen LogP) is 0.326. The van der Waals surface area contributed by atoms with Crippen LogP contribution in [0.15, 0.2) is 28.1 Å². The van der Waals surface area contributed by atoms with E-state index in [1.54, 1.807) is 0 Å². The van der Waals surface area contributed by atoms with Gasteiger partial charge in [-0.2, -0.15) is 4.99 Å². The first-order chi connectivity index (χ1) is 9.25. The third-order valence-electron chi connectivity index (χ3n) is 2.42. The summed E-state index contributed by atoms with van der Waals surface area (Å²) in [7, 11) is -3.47. The van der Waals surface area contributed by atoms with Crippen molar-refractivity contribution in [1.82, 2.24) is 0 Å². The lowest BCUT2D eigenvalue weighted by molar-refractivity contribution is 0.100. The first kappa shape index (κ1) is 16.0. The van der Waals surface area contributed by atoms with Crippen molar-refractivity contribution in [3.8, 4) is 0 Å². The van der Waals surface area contributed by atoms with Gasteiger partial charge in [-0.05, 0) is 24.6 Å². The molecule has 1 rings (SSSR count). The van der Waals surface area contributed by atoms with Crippen molar-refractivity contribution in [1.29, 1.82) is 0 Å². The molecule has 1 aromatic carbocycles. The lowest BCUT2D eigenvalue weighted by Crippen LogP contribution is -2.24. The van der Waals surface area contributed by atoms with Gasteiger partial charge in [0.05, 0.1) is 10.6 Å². The highest BCUT2D eigenvalue weighted by molar-refractivity contribution is 7.90. The minimum atomic E-state index is -3.47. The van der Waals surface area contributed by atoms with Gasteiger partial charge in [0, 0.05) is 18.4 Å². The van der Waals surface area contributed by atoms with Crippen LogP contribution in [-0.2, 0) is 9.84 Å². The highest BCUT2D eigenvalue weighted by Crippen LogP contribution is 2.23. The lowest BCUT2D eigenvalue weighted by Gasteiger charge is -2.11. The Hall–Kier alpha value is -2.09. The van der Waals surface area contributed by atoms with Crippen LogP contribution in [0.4, 0.5) is 5.69 Å². The summed E-state index contributed by atoms with van der Waals surface area (Å²) in [5.74, 6) is -1.05. The molecule has 1 amide bonds. The summed E-state index contributed by atoms with van der Waals surface area (Å²) in [5, 5.41) is 3.00. The summed E-state index contributed by atoms with van der Waals surface area (Å²) in [5.41, 5.74) is 10.8. The van der Waals surface area contributed by atoms with Gasteiger partial charge in [-0.15, -0.1) is 0 Å². The van der Waals surface area contributed by atoms with Gasteiger partial charge in [0.15, 0.2) is 15.8 Å². The molecular formula is C12H18N4O3S. The fourth-order valence-electron chi connectivity index (χ4n) is 1.55. The van der Waals surface area contributed by atoms with Crippen molar-refractivity contribution in [2.75, 3.05) is 18.1 Å². The van der Waals surface area contributed by atoms with Gasteiger partial charge in [-0.1, -0.05) is 6.92 Å². The monoisotopic (exact) mass is 298 g/mol. The number of carbonyl (C=O) groups is 1. The Morgan fingerprint density at radius 1 is 1.35 bits per heavy atom. The van der Waals surface area contributed by atoms with Gasteiger partial charge >= 0.3 is 0 Å². The molecule has 0 bridgehead atoms. The van der Waals surface area contributed by atoms with Crippen LogP contribution in [0.2, 0.25) is 0 Å². The third kappa shape index (κ3) is 4.23. The van der Waals surface area contributed by atoms with Gasteiger partial charge < -0.3 is 16.8 Å². The number of carbonyl (C=O) groups excluding carboxylic acids is 1. The number of amides is 1. The van der Waals surface area contributed by atoms with Crippen molar-refractivity contribution < 1.29 is 13.2 Å². The largest absolute Gasteiger partial charge is 0.384 e. The Bertz CT molecular complexity index is 634. The second kappa shape index (κ2) is 6.38. The van der Waals surface area contributed by atoms with Crippen LogP contribution in [0.3, 0.4) is 0 Å². The molecule has 0 unspecified atom stereocenters. The Morgan fingerprint density at radius 2 is 2.00 bits per heavy atom. The SMILES string of the molecule is CCCNc1ccc(C(=O)N=C(N)N)cc1S(C)(=O)=O. The smallest absolute Gasteiger partial charge is 0.280 e. The van der Waals surface area contributed by atoms with E-state index in [4.69, 9.17) is 11.5 Å². The normalized spacial score (nSPS) is 10.9. The van der Waals surface area contributed by atoms with Crippen LogP contribution in [-0.4, -0.2) is 33.1 Å². The molecule has 20 heavy (non-hydrogen) atoms. The maximum atomic E-state index is 11.8. The van der Waals surface area contributed by atoms with Crippen molar-refractivity contribution in [3.63, 3.8) is 0 Å². The van der Waals surface area contributed by atoms with E-state index in [0.29, 0.717) is 12.2 Å². The Labute approximate surface area is 118 Å². The van der Waals surface area contributed by atoms with Crippen molar-refractivity contribution in [3.05, 3.63) is 23.8 Å². The van der Waals surface area contributed by atoms with Crippen molar-refractivity contribution in [2.24, 2.45) is 16.5 Å². The zero-order valence-corrected chi connectivity index (χ0v) is 12.2. The Morgan fingerprint density at radius 3 is 2.50 bits per heavy atom. The number of nitrogens with zero attached hydrogens (tertiary/aromatic N) is 1. The van der Waals surface area contributed by atoms with Gasteiger partial charge in [0.25, 0.3) is 5.91 Å². The number of hydrogen-bond acceptors (Lipinski definition) is 4. The summed E-state index contributed by atoms with van der Waals surface area (Å²) >= 11 is 0. The van der Waals surface area contributed by atoms with Gasteiger partial charge in [0.1, 0.15) is 0 Å². The van der Waals surface area contributed by atoms with E-state index in [1.165, 1.54) is 18.2 Å². The van der Waals surface area contributed by atoms with Crippen LogP contribution in [0, 0.1) is 0 Å². The number of hydrogen-bond donors (Lipinski definition) is 3. The molecule has 0 aromatic heterocycles. The lowest BCUT2D eigenvalue weighted by atomic mass is 10.2. The summed E-state index contributed by atoms with van der Waals surface area (Å²) < 4.78 is 23.6. The van der Waals surface area contributed by atoms with Gasteiger partial charge in [-0.25, -0.2) is 8.42 Å². The molecule has 0 aliphatic heterocycles. The number of nitrogens with two attached hydrogens (primary N) is 2. The Kier molecular flexibility index (Phi) is 5.09. The molecule has 1 aromatic rings. The first-order valence-electron chi connectivity index (χ1n) is 5.97. The minimum Gasteiger partial charge on any atom is -0.384 e. The van der Waals surface area contributed by atoms with Crippen LogP contribution >= 0.6 is 0 Å². The molecule has 0 radical (unpaired) electrons. The third-order valence-corrected chi connectivity index (χ3v) is 3.56.